The number of carbonyl (C=O) groups is 2. The van der Waals surface area contributed by atoms with Gasteiger partial charge < -0.3 is 10.2 Å². The molecule has 28 heavy (non-hydrogen) atoms. The summed E-state index contributed by atoms with van der Waals surface area (Å²) in [5, 5.41) is 5.06. The number of hydrogen-bond acceptors (Lipinski definition) is 4. The molecule has 0 aliphatic carbocycles. The summed E-state index contributed by atoms with van der Waals surface area (Å²) in [6, 6.07) is 7.10. The molecule has 144 valence electrons. The normalized spacial score (nSPS) is 14.7. The van der Waals surface area contributed by atoms with Gasteiger partial charge in [-0.25, -0.2) is 4.98 Å². The molecule has 1 aliphatic heterocycles. The summed E-state index contributed by atoms with van der Waals surface area (Å²) < 4.78 is 1.82. The number of benzene rings is 1. The number of likely N-dealkylation sites (tertiary alicyclic amines) is 1. The van der Waals surface area contributed by atoms with E-state index in [9.17, 15) is 9.59 Å². The van der Waals surface area contributed by atoms with E-state index < -0.39 is 0 Å². The Balaban J connectivity index is 1.51. The molecule has 0 saturated carbocycles. The minimum Gasteiger partial charge on any atom is -0.339 e. The molecule has 1 fully saturated rings. The Morgan fingerprint density at radius 2 is 1.96 bits per heavy atom. The first-order valence-electron chi connectivity index (χ1n) is 9.12. The minimum atomic E-state index is -0.333. The highest BCUT2D eigenvalue weighted by Crippen LogP contribution is 2.23. The van der Waals surface area contributed by atoms with Crippen LogP contribution in [0, 0.1) is 0 Å². The van der Waals surface area contributed by atoms with Crippen molar-refractivity contribution in [1.82, 2.24) is 14.3 Å². The van der Waals surface area contributed by atoms with E-state index >= 15 is 0 Å². The highest BCUT2D eigenvalue weighted by Gasteiger charge is 2.21. The SMILES string of the molecule is O=C(/C=C/c1c(Cl)nc2sccn12)Nc1ccccc1C(=O)N1CCCCC1. The first-order chi connectivity index (χ1) is 13.6. The van der Waals surface area contributed by atoms with Crippen molar-refractivity contribution in [3.63, 3.8) is 0 Å². The number of fused-ring (bicyclic) bond motifs is 1. The molecule has 1 aromatic carbocycles. The van der Waals surface area contributed by atoms with Crippen molar-refractivity contribution in [2.24, 2.45) is 0 Å². The fourth-order valence-electron chi connectivity index (χ4n) is 3.30. The number of thiazole rings is 1. The lowest BCUT2D eigenvalue weighted by Gasteiger charge is -2.27. The van der Waals surface area contributed by atoms with Gasteiger partial charge in [0.1, 0.15) is 0 Å². The van der Waals surface area contributed by atoms with Gasteiger partial charge in [0.25, 0.3) is 5.91 Å². The van der Waals surface area contributed by atoms with Crippen LogP contribution in [0.4, 0.5) is 5.69 Å². The Bertz CT molecular complexity index is 1050. The molecule has 3 aromatic rings. The van der Waals surface area contributed by atoms with Gasteiger partial charge in [-0.05, 0) is 37.5 Å². The van der Waals surface area contributed by atoms with E-state index in [2.05, 4.69) is 10.3 Å². The van der Waals surface area contributed by atoms with E-state index in [1.807, 2.05) is 26.9 Å². The second-order valence-corrected chi connectivity index (χ2v) is 7.80. The van der Waals surface area contributed by atoms with E-state index in [4.69, 9.17) is 11.6 Å². The van der Waals surface area contributed by atoms with E-state index in [1.165, 1.54) is 17.4 Å². The van der Waals surface area contributed by atoms with Crippen molar-refractivity contribution in [3.05, 3.63) is 58.3 Å². The quantitative estimate of drug-likeness (QED) is 0.646. The number of anilines is 1. The highest BCUT2D eigenvalue weighted by molar-refractivity contribution is 7.15. The number of piperidine rings is 1. The Kier molecular flexibility index (Phi) is 5.45. The van der Waals surface area contributed by atoms with Gasteiger partial charge in [0, 0.05) is 30.7 Å². The number of halogens is 1. The van der Waals surface area contributed by atoms with Crippen LogP contribution in [0.5, 0.6) is 0 Å². The lowest BCUT2D eigenvalue weighted by molar-refractivity contribution is -0.111. The van der Waals surface area contributed by atoms with Crippen LogP contribution in [0.2, 0.25) is 5.15 Å². The van der Waals surface area contributed by atoms with Crippen molar-refractivity contribution in [3.8, 4) is 0 Å². The van der Waals surface area contributed by atoms with Crippen LogP contribution in [0.1, 0.15) is 35.3 Å². The molecule has 6 nitrogen and oxygen atoms in total. The molecule has 1 aliphatic rings. The minimum absolute atomic E-state index is 0.0432. The van der Waals surface area contributed by atoms with Gasteiger partial charge in [-0.3, -0.25) is 14.0 Å². The zero-order chi connectivity index (χ0) is 19.5. The molecule has 1 saturated heterocycles. The van der Waals surface area contributed by atoms with Crippen LogP contribution in [-0.4, -0.2) is 39.2 Å². The summed E-state index contributed by atoms with van der Waals surface area (Å²) >= 11 is 7.62. The molecular weight excluding hydrogens is 396 g/mol. The van der Waals surface area contributed by atoms with Crippen LogP contribution >= 0.6 is 22.9 Å². The lowest BCUT2D eigenvalue weighted by Crippen LogP contribution is -2.36. The number of imidazole rings is 1. The number of nitrogens with one attached hydrogen (secondary N) is 1. The Morgan fingerprint density at radius 1 is 1.18 bits per heavy atom. The van der Waals surface area contributed by atoms with Crippen molar-refractivity contribution >= 4 is 51.5 Å². The molecule has 0 spiro atoms. The number of carbonyl (C=O) groups excluding carboxylic acids is 2. The van der Waals surface area contributed by atoms with Gasteiger partial charge in [-0.2, -0.15) is 0 Å². The second kappa shape index (κ2) is 8.16. The average Bonchev–Trinajstić information content (AvgIpc) is 3.27. The topological polar surface area (TPSA) is 66.7 Å². The summed E-state index contributed by atoms with van der Waals surface area (Å²) in [5.74, 6) is -0.376. The predicted molar refractivity (Wildman–Crippen MR) is 112 cm³/mol. The monoisotopic (exact) mass is 414 g/mol. The summed E-state index contributed by atoms with van der Waals surface area (Å²) in [6.45, 7) is 1.52. The smallest absolute Gasteiger partial charge is 0.255 e. The van der Waals surface area contributed by atoms with E-state index in [1.54, 1.807) is 24.3 Å². The van der Waals surface area contributed by atoms with Crippen LogP contribution in [0.15, 0.2) is 41.9 Å². The molecular formula is C20H19ClN4O2S. The summed E-state index contributed by atoms with van der Waals surface area (Å²) in [5.41, 5.74) is 1.66. The Labute approximate surface area is 171 Å². The van der Waals surface area contributed by atoms with Crippen molar-refractivity contribution in [1.29, 1.82) is 0 Å². The van der Waals surface area contributed by atoms with E-state index in [0.29, 0.717) is 22.1 Å². The number of aromatic nitrogens is 2. The molecule has 3 heterocycles. The summed E-state index contributed by atoms with van der Waals surface area (Å²) in [7, 11) is 0. The number of hydrogen-bond donors (Lipinski definition) is 1. The zero-order valence-corrected chi connectivity index (χ0v) is 16.7. The third-order valence-corrected chi connectivity index (χ3v) is 5.74. The highest BCUT2D eigenvalue weighted by atomic mass is 35.5. The number of nitrogens with zero attached hydrogens (tertiary/aromatic N) is 3. The molecule has 2 aromatic heterocycles. The first-order valence-corrected chi connectivity index (χ1v) is 10.4. The number of para-hydroxylation sites is 1. The molecule has 0 radical (unpaired) electrons. The van der Waals surface area contributed by atoms with Crippen molar-refractivity contribution in [2.75, 3.05) is 18.4 Å². The number of amides is 2. The second-order valence-electron chi connectivity index (χ2n) is 6.56. The molecule has 0 unspecified atom stereocenters. The maximum absolute atomic E-state index is 12.8. The van der Waals surface area contributed by atoms with Gasteiger partial charge in [0.15, 0.2) is 10.1 Å². The zero-order valence-electron chi connectivity index (χ0n) is 15.1. The fourth-order valence-corrected chi connectivity index (χ4v) is 4.31. The number of rotatable bonds is 4. The molecule has 4 rings (SSSR count). The third kappa shape index (κ3) is 3.81. The largest absolute Gasteiger partial charge is 0.339 e. The van der Waals surface area contributed by atoms with Gasteiger partial charge in [0.05, 0.1) is 16.9 Å². The van der Waals surface area contributed by atoms with Crippen molar-refractivity contribution < 1.29 is 9.59 Å². The third-order valence-electron chi connectivity index (χ3n) is 4.71. The van der Waals surface area contributed by atoms with Gasteiger partial charge >= 0.3 is 0 Å². The fraction of sp³-hybridized carbons (Fsp3) is 0.250. The van der Waals surface area contributed by atoms with Crippen LogP contribution in [0.3, 0.4) is 0 Å². The summed E-state index contributed by atoms with van der Waals surface area (Å²) in [6.07, 6.45) is 8.07. The van der Waals surface area contributed by atoms with Crippen molar-refractivity contribution in [2.45, 2.75) is 19.3 Å². The maximum Gasteiger partial charge on any atom is 0.255 e. The predicted octanol–water partition coefficient (Wildman–Crippen LogP) is 4.33. The molecule has 0 bridgehead atoms. The molecule has 8 heteroatoms. The Morgan fingerprint density at radius 3 is 2.79 bits per heavy atom. The maximum atomic E-state index is 12.8. The lowest BCUT2D eigenvalue weighted by atomic mass is 10.1. The van der Waals surface area contributed by atoms with E-state index in [-0.39, 0.29) is 11.8 Å². The molecule has 0 atom stereocenters. The van der Waals surface area contributed by atoms with Crippen LogP contribution < -0.4 is 5.32 Å². The van der Waals surface area contributed by atoms with E-state index in [0.717, 1.165) is 37.3 Å². The standard InChI is InChI=1S/C20H19ClN4O2S/c21-18-16(25-12-13-28-20(25)23-18)8-9-17(26)22-15-7-3-2-6-14(15)19(27)24-10-4-1-5-11-24/h2-3,6-9,12-13H,1,4-5,10-11H2,(H,22,26)/b9-8+. The van der Waals surface area contributed by atoms with Crippen LogP contribution in [-0.2, 0) is 4.79 Å². The average molecular weight is 415 g/mol. The van der Waals surface area contributed by atoms with Gasteiger partial charge in [0.2, 0.25) is 5.91 Å². The molecule has 2 amide bonds. The van der Waals surface area contributed by atoms with Gasteiger partial charge in [-0.1, -0.05) is 23.7 Å². The Hall–Kier alpha value is -2.64. The van der Waals surface area contributed by atoms with Gasteiger partial charge in [-0.15, -0.1) is 11.3 Å². The van der Waals surface area contributed by atoms with Crippen LogP contribution in [0.25, 0.3) is 11.0 Å². The molecule has 1 N–H and O–H groups in total. The first kappa shape index (κ1) is 18.7. The summed E-state index contributed by atoms with van der Waals surface area (Å²) in [4.78, 5) is 32.1.